The van der Waals surface area contributed by atoms with Crippen molar-refractivity contribution in [1.29, 1.82) is 0 Å². The Morgan fingerprint density at radius 1 is 1.02 bits per heavy atom. The molecule has 43 heavy (non-hydrogen) atoms. The molecule has 0 aliphatic rings. The molecule has 3 aromatic rings. The number of methoxy groups -OCH3 is 1. The van der Waals surface area contributed by atoms with Gasteiger partial charge in [-0.05, 0) is 19.9 Å². The number of alkyl halides is 3. The van der Waals surface area contributed by atoms with Crippen LogP contribution in [0, 0.1) is 24.4 Å². The van der Waals surface area contributed by atoms with Gasteiger partial charge in [-0.15, -0.1) is 0 Å². The number of nitrogens with one attached hydrogen (secondary N) is 2. The molecule has 0 bridgehead atoms. The standard InChI is InChI=1S/C27H23F6N3O7/c1-12-16(28)8-17(29)23(30)24(12)42-11-20(37)18(10-22(38)41-3)35-25(39)13(2)34-26(40)19-9-21(43-36-19)14-6-4-5-7-15(14)27(31,32)33/h4-9,13,18H,10-11H2,1-3H3,(H,34,40)(H,35,39)/t13-,18-/m0/s1. The molecule has 2 atom stereocenters. The molecule has 1 aromatic heterocycles. The number of benzene rings is 2. The third-order valence-corrected chi connectivity index (χ3v) is 6.01. The number of ether oxygens (including phenoxy) is 2. The number of esters is 1. The maximum Gasteiger partial charge on any atom is 0.417 e. The highest BCUT2D eigenvalue weighted by atomic mass is 19.4. The zero-order valence-corrected chi connectivity index (χ0v) is 22.6. The Morgan fingerprint density at radius 3 is 2.35 bits per heavy atom. The van der Waals surface area contributed by atoms with E-state index >= 15 is 0 Å². The zero-order chi connectivity index (χ0) is 32.1. The number of rotatable bonds is 11. The highest BCUT2D eigenvalue weighted by Crippen LogP contribution is 2.37. The fraction of sp³-hybridized carbons (Fsp3) is 0.296. The normalized spacial score (nSPS) is 12.7. The second kappa shape index (κ2) is 13.4. The molecule has 0 radical (unpaired) electrons. The van der Waals surface area contributed by atoms with Gasteiger partial charge in [0, 0.05) is 23.3 Å². The third-order valence-electron chi connectivity index (χ3n) is 6.01. The van der Waals surface area contributed by atoms with Gasteiger partial charge in [0.05, 0.1) is 19.1 Å². The Kier molecular flexibility index (Phi) is 10.2. The summed E-state index contributed by atoms with van der Waals surface area (Å²) in [5.74, 6) is -9.56. The quantitative estimate of drug-likeness (QED) is 0.188. The van der Waals surface area contributed by atoms with E-state index in [1.165, 1.54) is 19.1 Å². The number of halogens is 6. The average Bonchev–Trinajstić information content (AvgIpc) is 3.45. The molecule has 16 heteroatoms. The van der Waals surface area contributed by atoms with Crippen molar-refractivity contribution in [2.24, 2.45) is 0 Å². The van der Waals surface area contributed by atoms with Crippen LogP contribution in [-0.2, 0) is 25.3 Å². The summed E-state index contributed by atoms with van der Waals surface area (Å²) < 4.78 is 95.8. The maximum absolute atomic E-state index is 14.1. The zero-order valence-electron chi connectivity index (χ0n) is 22.6. The molecule has 2 amide bonds. The number of Topliss-reactive ketones (excluding diaryl/α,β-unsaturated/α-hetero) is 1. The molecular formula is C27H23F6N3O7. The first kappa shape index (κ1) is 32.6. The van der Waals surface area contributed by atoms with Gasteiger partial charge in [0.25, 0.3) is 5.91 Å². The Balaban J connectivity index is 1.69. The van der Waals surface area contributed by atoms with Crippen LogP contribution in [0.5, 0.6) is 5.75 Å². The van der Waals surface area contributed by atoms with Gasteiger partial charge in [-0.1, -0.05) is 23.4 Å². The van der Waals surface area contributed by atoms with Crippen LogP contribution in [0.25, 0.3) is 11.3 Å². The van der Waals surface area contributed by atoms with Gasteiger partial charge >= 0.3 is 12.1 Å². The molecule has 0 saturated heterocycles. The lowest BCUT2D eigenvalue weighted by atomic mass is 10.0. The SMILES string of the molecule is COC(=O)C[C@H](NC(=O)[C@H](C)NC(=O)c1cc(-c2ccccc2C(F)(F)F)on1)C(=O)COc1c(C)c(F)cc(F)c1F. The lowest BCUT2D eigenvalue weighted by Crippen LogP contribution is -2.51. The molecule has 0 saturated carbocycles. The van der Waals surface area contributed by atoms with Gasteiger partial charge in [-0.2, -0.15) is 17.6 Å². The summed E-state index contributed by atoms with van der Waals surface area (Å²) in [5.41, 5.74) is -2.32. The molecule has 0 spiro atoms. The van der Waals surface area contributed by atoms with Gasteiger partial charge in [-0.3, -0.25) is 19.2 Å². The summed E-state index contributed by atoms with van der Waals surface area (Å²) in [6.07, 6.45) is -5.45. The number of nitrogens with zero attached hydrogens (tertiary/aromatic N) is 1. The van der Waals surface area contributed by atoms with E-state index in [0.717, 1.165) is 32.2 Å². The van der Waals surface area contributed by atoms with E-state index in [0.29, 0.717) is 0 Å². The molecule has 3 rings (SSSR count). The van der Waals surface area contributed by atoms with E-state index in [2.05, 4.69) is 20.5 Å². The molecule has 1 heterocycles. The molecule has 0 aliphatic carbocycles. The second-order valence-corrected chi connectivity index (χ2v) is 9.02. The van der Waals surface area contributed by atoms with Crippen molar-refractivity contribution in [3.63, 3.8) is 0 Å². The van der Waals surface area contributed by atoms with E-state index < -0.39 is 94.9 Å². The Labute approximate surface area is 239 Å². The summed E-state index contributed by atoms with van der Waals surface area (Å²) in [7, 11) is 0.999. The number of hydrogen-bond acceptors (Lipinski definition) is 8. The first-order valence-corrected chi connectivity index (χ1v) is 12.2. The molecule has 0 aliphatic heterocycles. The van der Waals surface area contributed by atoms with E-state index in [9.17, 15) is 45.5 Å². The Hall–Kier alpha value is -4.89. The fourth-order valence-electron chi connectivity index (χ4n) is 3.66. The molecule has 2 aromatic carbocycles. The fourth-order valence-corrected chi connectivity index (χ4v) is 3.66. The molecule has 2 N–H and O–H groups in total. The van der Waals surface area contributed by atoms with Crippen molar-refractivity contribution in [2.75, 3.05) is 13.7 Å². The van der Waals surface area contributed by atoms with Crippen molar-refractivity contribution in [2.45, 2.75) is 38.5 Å². The third kappa shape index (κ3) is 7.90. The number of aromatic nitrogens is 1. The van der Waals surface area contributed by atoms with Crippen molar-refractivity contribution in [3.05, 3.63) is 70.7 Å². The van der Waals surface area contributed by atoms with Crippen LogP contribution < -0.4 is 15.4 Å². The monoisotopic (exact) mass is 615 g/mol. The highest BCUT2D eigenvalue weighted by molar-refractivity contribution is 5.98. The Morgan fingerprint density at radius 2 is 1.70 bits per heavy atom. The van der Waals surface area contributed by atoms with E-state index in [-0.39, 0.29) is 17.4 Å². The predicted octanol–water partition coefficient (Wildman–Crippen LogP) is 3.90. The maximum atomic E-state index is 14.1. The van der Waals surface area contributed by atoms with Crippen molar-refractivity contribution < 1.29 is 59.5 Å². The van der Waals surface area contributed by atoms with E-state index in [1.807, 2.05) is 0 Å². The summed E-state index contributed by atoms with van der Waals surface area (Å²) in [6.45, 7) is 1.23. The molecular weight excluding hydrogens is 592 g/mol. The predicted molar refractivity (Wildman–Crippen MR) is 134 cm³/mol. The largest absolute Gasteiger partial charge is 0.482 e. The smallest absolute Gasteiger partial charge is 0.417 e. The van der Waals surface area contributed by atoms with Gasteiger partial charge < -0.3 is 24.6 Å². The molecule has 0 unspecified atom stereocenters. The van der Waals surface area contributed by atoms with Crippen molar-refractivity contribution >= 4 is 23.6 Å². The summed E-state index contributed by atoms with van der Waals surface area (Å²) in [4.78, 5) is 49.9. The van der Waals surface area contributed by atoms with Gasteiger partial charge in [0.1, 0.15) is 24.5 Å². The molecule has 0 fully saturated rings. The van der Waals surface area contributed by atoms with Crippen molar-refractivity contribution in [3.8, 4) is 17.1 Å². The number of carbonyl (C=O) groups is 4. The van der Waals surface area contributed by atoms with Crippen LogP contribution >= 0.6 is 0 Å². The van der Waals surface area contributed by atoms with Crippen LogP contribution in [0.4, 0.5) is 26.3 Å². The number of ketones is 1. The van der Waals surface area contributed by atoms with Crippen molar-refractivity contribution in [1.82, 2.24) is 15.8 Å². The van der Waals surface area contributed by atoms with Crippen LogP contribution in [0.15, 0.2) is 40.9 Å². The van der Waals surface area contributed by atoms with Crippen LogP contribution in [-0.4, -0.2) is 54.5 Å². The van der Waals surface area contributed by atoms with Crippen LogP contribution in [0.1, 0.15) is 35.0 Å². The summed E-state index contributed by atoms with van der Waals surface area (Å²) in [6, 6.07) is 2.60. The van der Waals surface area contributed by atoms with E-state index in [1.54, 1.807) is 0 Å². The summed E-state index contributed by atoms with van der Waals surface area (Å²) in [5, 5.41) is 7.85. The Bertz CT molecular complexity index is 1510. The lowest BCUT2D eigenvalue weighted by Gasteiger charge is -2.20. The van der Waals surface area contributed by atoms with E-state index in [4.69, 9.17) is 9.26 Å². The second-order valence-electron chi connectivity index (χ2n) is 9.02. The van der Waals surface area contributed by atoms with Crippen LogP contribution in [0.3, 0.4) is 0 Å². The minimum atomic E-state index is -4.72. The van der Waals surface area contributed by atoms with Gasteiger partial charge in [0.15, 0.2) is 28.8 Å². The highest BCUT2D eigenvalue weighted by Gasteiger charge is 2.35. The average molecular weight is 615 g/mol. The first-order valence-electron chi connectivity index (χ1n) is 12.2. The number of carbonyl (C=O) groups excluding carboxylic acids is 4. The lowest BCUT2D eigenvalue weighted by molar-refractivity contribution is -0.143. The first-order chi connectivity index (χ1) is 20.1. The number of hydrogen-bond donors (Lipinski definition) is 2. The minimum absolute atomic E-state index is 0.288. The molecule has 10 nitrogen and oxygen atoms in total. The van der Waals surface area contributed by atoms with Gasteiger partial charge in [0.2, 0.25) is 11.7 Å². The van der Waals surface area contributed by atoms with Crippen LogP contribution in [0.2, 0.25) is 0 Å². The number of amides is 2. The minimum Gasteiger partial charge on any atom is -0.482 e. The summed E-state index contributed by atoms with van der Waals surface area (Å²) >= 11 is 0. The van der Waals surface area contributed by atoms with Gasteiger partial charge in [-0.25, -0.2) is 8.78 Å². The topological polar surface area (TPSA) is 137 Å². The molecule has 230 valence electrons.